The largest absolute Gasteiger partial charge is 0.481 e. The molecule has 0 bridgehead atoms. The van der Waals surface area contributed by atoms with E-state index >= 15 is 0 Å². The average Bonchev–Trinajstić information content (AvgIpc) is 2.70. The highest BCUT2D eigenvalue weighted by atomic mass is 32.2. The Morgan fingerprint density at radius 3 is 1.85 bits per heavy atom. The van der Waals surface area contributed by atoms with E-state index in [9.17, 15) is 33.9 Å². The van der Waals surface area contributed by atoms with Gasteiger partial charge in [-0.1, -0.05) is 13.8 Å². The number of thioether (sulfide) groups is 1. The van der Waals surface area contributed by atoms with Gasteiger partial charge in [0.05, 0.1) is 12.5 Å². The Morgan fingerprint density at radius 1 is 0.879 bits per heavy atom. The quantitative estimate of drug-likeness (QED) is 0.125. The molecule has 0 aromatic rings. The van der Waals surface area contributed by atoms with Gasteiger partial charge in [0.15, 0.2) is 0 Å². The second-order valence-electron chi connectivity index (χ2n) is 7.68. The van der Waals surface area contributed by atoms with Gasteiger partial charge in [0.1, 0.15) is 18.1 Å². The Labute approximate surface area is 195 Å². The lowest BCUT2D eigenvalue weighted by atomic mass is 10.0. The van der Waals surface area contributed by atoms with Crippen molar-refractivity contribution >= 4 is 47.3 Å². The first-order valence-corrected chi connectivity index (χ1v) is 11.6. The molecule has 4 unspecified atom stereocenters. The molecule has 0 aliphatic carbocycles. The van der Waals surface area contributed by atoms with Gasteiger partial charge in [-0.25, -0.2) is 4.79 Å². The molecule has 0 heterocycles. The van der Waals surface area contributed by atoms with Crippen LogP contribution in [0.3, 0.4) is 0 Å². The minimum absolute atomic E-state index is 0.152. The number of rotatable bonds is 16. The van der Waals surface area contributed by atoms with Crippen LogP contribution < -0.4 is 27.4 Å². The molecule has 0 spiro atoms. The summed E-state index contributed by atoms with van der Waals surface area (Å²) in [6.45, 7) is 3.15. The first-order valence-electron chi connectivity index (χ1n) is 10.2. The third-order valence-electron chi connectivity index (χ3n) is 4.51. The van der Waals surface area contributed by atoms with Crippen molar-refractivity contribution in [2.24, 2.45) is 17.4 Å². The van der Waals surface area contributed by atoms with Crippen LogP contribution >= 0.6 is 11.8 Å². The molecular formula is C19H33N5O8S. The highest BCUT2D eigenvalue weighted by Gasteiger charge is 2.31. The fourth-order valence-corrected chi connectivity index (χ4v) is 3.14. The van der Waals surface area contributed by atoms with Gasteiger partial charge < -0.3 is 37.6 Å². The number of primary amides is 1. The van der Waals surface area contributed by atoms with Gasteiger partial charge in [-0.15, -0.1) is 0 Å². The molecule has 0 fully saturated rings. The standard InChI is InChI=1S/C19H33N5O8S/c1-9(2)15(19(31)32)24-18(30)11(4-5-14(26)27)23-17(29)12(6-7-33-3)22-16(28)10(20)8-13(21)25/h9-12,15H,4-8,20H2,1-3H3,(H2,21,25)(H,22,28)(H,23,29)(H,24,30)(H,26,27)(H,31,32). The van der Waals surface area contributed by atoms with E-state index in [0.29, 0.717) is 5.75 Å². The maximum atomic E-state index is 12.8. The molecule has 0 aromatic heterocycles. The smallest absolute Gasteiger partial charge is 0.326 e. The van der Waals surface area contributed by atoms with E-state index < -0.39 is 78.5 Å². The lowest BCUT2D eigenvalue weighted by molar-refractivity contribution is -0.144. The Balaban J connectivity index is 5.53. The first kappa shape index (κ1) is 30.1. The van der Waals surface area contributed by atoms with Gasteiger partial charge in [0, 0.05) is 6.42 Å². The number of aliphatic carboxylic acids is 2. The van der Waals surface area contributed by atoms with Gasteiger partial charge in [0.2, 0.25) is 23.6 Å². The number of hydrogen-bond donors (Lipinski definition) is 7. The maximum absolute atomic E-state index is 12.8. The third kappa shape index (κ3) is 12.1. The molecule has 14 heteroatoms. The van der Waals surface area contributed by atoms with Crippen molar-refractivity contribution in [3.8, 4) is 0 Å². The monoisotopic (exact) mass is 491 g/mol. The van der Waals surface area contributed by atoms with Gasteiger partial charge in [-0.2, -0.15) is 11.8 Å². The van der Waals surface area contributed by atoms with E-state index in [1.807, 2.05) is 0 Å². The number of hydrogen-bond acceptors (Lipinski definition) is 8. The predicted molar refractivity (Wildman–Crippen MR) is 120 cm³/mol. The predicted octanol–water partition coefficient (Wildman–Crippen LogP) is -2.00. The average molecular weight is 492 g/mol. The Morgan fingerprint density at radius 2 is 1.39 bits per heavy atom. The van der Waals surface area contributed by atoms with Crippen molar-refractivity contribution in [3.63, 3.8) is 0 Å². The van der Waals surface area contributed by atoms with Crippen molar-refractivity contribution in [1.29, 1.82) is 0 Å². The summed E-state index contributed by atoms with van der Waals surface area (Å²) in [5, 5.41) is 25.3. The zero-order valence-corrected chi connectivity index (χ0v) is 19.6. The van der Waals surface area contributed by atoms with Crippen LogP contribution in [-0.4, -0.2) is 82.0 Å². The summed E-state index contributed by atoms with van der Waals surface area (Å²) in [5.74, 6) is -5.78. The minimum Gasteiger partial charge on any atom is -0.481 e. The molecule has 0 saturated carbocycles. The van der Waals surface area contributed by atoms with Crippen LogP contribution in [0.25, 0.3) is 0 Å². The van der Waals surface area contributed by atoms with E-state index in [1.165, 1.54) is 11.8 Å². The fraction of sp³-hybridized carbons (Fsp3) is 0.684. The van der Waals surface area contributed by atoms with Crippen LogP contribution in [0, 0.1) is 5.92 Å². The molecule has 188 valence electrons. The van der Waals surface area contributed by atoms with E-state index in [1.54, 1.807) is 20.1 Å². The molecule has 4 amide bonds. The molecule has 0 radical (unpaired) electrons. The lowest BCUT2D eigenvalue weighted by Gasteiger charge is -2.25. The molecule has 9 N–H and O–H groups in total. The van der Waals surface area contributed by atoms with E-state index in [4.69, 9.17) is 16.6 Å². The lowest BCUT2D eigenvalue weighted by Crippen LogP contribution is -2.58. The highest BCUT2D eigenvalue weighted by molar-refractivity contribution is 7.98. The van der Waals surface area contributed by atoms with E-state index in [-0.39, 0.29) is 12.8 Å². The Hall–Kier alpha value is -2.87. The molecule has 0 aliphatic rings. The van der Waals surface area contributed by atoms with Crippen LogP contribution in [0.4, 0.5) is 0 Å². The number of nitrogens with two attached hydrogens (primary N) is 2. The molecule has 33 heavy (non-hydrogen) atoms. The number of nitrogens with one attached hydrogen (secondary N) is 3. The molecule has 0 aromatic carbocycles. The summed E-state index contributed by atoms with van der Waals surface area (Å²) < 4.78 is 0. The zero-order valence-electron chi connectivity index (χ0n) is 18.8. The summed E-state index contributed by atoms with van der Waals surface area (Å²) in [7, 11) is 0. The summed E-state index contributed by atoms with van der Waals surface area (Å²) >= 11 is 1.39. The molecule has 0 aliphatic heterocycles. The van der Waals surface area contributed by atoms with Crippen LogP contribution in [0.1, 0.15) is 39.5 Å². The van der Waals surface area contributed by atoms with Crippen molar-refractivity contribution in [2.45, 2.75) is 63.7 Å². The second kappa shape index (κ2) is 15.1. The van der Waals surface area contributed by atoms with Crippen molar-refractivity contribution in [1.82, 2.24) is 16.0 Å². The van der Waals surface area contributed by atoms with Gasteiger partial charge in [-0.05, 0) is 30.8 Å². The maximum Gasteiger partial charge on any atom is 0.326 e. The van der Waals surface area contributed by atoms with Crippen molar-refractivity contribution in [3.05, 3.63) is 0 Å². The number of amides is 4. The first-order chi connectivity index (χ1) is 15.3. The van der Waals surface area contributed by atoms with Gasteiger partial charge in [0.25, 0.3) is 0 Å². The number of carbonyl (C=O) groups excluding carboxylic acids is 4. The van der Waals surface area contributed by atoms with Gasteiger partial charge >= 0.3 is 11.9 Å². The highest BCUT2D eigenvalue weighted by Crippen LogP contribution is 2.07. The minimum atomic E-state index is -1.36. The summed E-state index contributed by atoms with van der Waals surface area (Å²) in [5.41, 5.74) is 10.6. The van der Waals surface area contributed by atoms with E-state index in [2.05, 4.69) is 16.0 Å². The Bertz CT molecular complexity index is 733. The second-order valence-corrected chi connectivity index (χ2v) is 8.67. The molecule has 13 nitrogen and oxygen atoms in total. The normalized spacial score (nSPS) is 14.5. The molecular weight excluding hydrogens is 458 g/mol. The number of carboxylic acids is 2. The van der Waals surface area contributed by atoms with E-state index in [0.717, 1.165) is 0 Å². The van der Waals surface area contributed by atoms with Crippen LogP contribution in [0.2, 0.25) is 0 Å². The third-order valence-corrected chi connectivity index (χ3v) is 5.16. The van der Waals surface area contributed by atoms with Gasteiger partial charge in [-0.3, -0.25) is 24.0 Å². The Kier molecular flexibility index (Phi) is 13.7. The summed E-state index contributed by atoms with van der Waals surface area (Å²) in [6, 6.07) is -5.02. The molecule has 4 atom stereocenters. The summed E-state index contributed by atoms with van der Waals surface area (Å²) in [4.78, 5) is 71.1. The molecule has 0 rings (SSSR count). The van der Waals surface area contributed by atoms with Crippen LogP contribution in [0.5, 0.6) is 0 Å². The van der Waals surface area contributed by atoms with Crippen LogP contribution in [-0.2, 0) is 28.8 Å². The number of carbonyl (C=O) groups is 6. The van der Waals surface area contributed by atoms with Crippen molar-refractivity contribution in [2.75, 3.05) is 12.0 Å². The van der Waals surface area contributed by atoms with Crippen molar-refractivity contribution < 1.29 is 39.0 Å². The zero-order chi connectivity index (χ0) is 25.7. The SMILES string of the molecule is CSCCC(NC(=O)C(N)CC(N)=O)C(=O)NC(CCC(=O)O)C(=O)NC(C(=O)O)C(C)C. The molecule has 0 saturated heterocycles. The fourth-order valence-electron chi connectivity index (χ4n) is 2.67. The summed E-state index contributed by atoms with van der Waals surface area (Å²) in [6.07, 6.45) is 0.721. The number of carboxylic acid groups (broad SMARTS) is 2. The topological polar surface area (TPSA) is 231 Å². The van der Waals surface area contributed by atoms with Crippen LogP contribution in [0.15, 0.2) is 0 Å².